The summed E-state index contributed by atoms with van der Waals surface area (Å²) in [5, 5.41) is 7.60. The third-order valence-electron chi connectivity index (χ3n) is 5.18. The SMILES string of the molecule is CNC(=O)c1cccc2c1NC(c1c(Cl)cccc1Cl)C1CC=CC21. The highest BCUT2D eigenvalue weighted by Crippen LogP contribution is 2.52. The fourth-order valence-corrected chi connectivity index (χ4v) is 4.67. The minimum atomic E-state index is -0.103. The molecule has 1 aliphatic carbocycles. The summed E-state index contributed by atoms with van der Waals surface area (Å²) < 4.78 is 0. The van der Waals surface area contributed by atoms with Gasteiger partial charge >= 0.3 is 0 Å². The molecule has 5 heteroatoms. The molecule has 1 aliphatic heterocycles. The molecule has 2 aromatic carbocycles. The second-order valence-corrected chi connectivity index (χ2v) is 7.27. The first-order valence-electron chi connectivity index (χ1n) is 8.34. The van der Waals surface area contributed by atoms with E-state index in [9.17, 15) is 4.79 Å². The third-order valence-corrected chi connectivity index (χ3v) is 5.84. The summed E-state index contributed by atoms with van der Waals surface area (Å²) in [5.74, 6) is 0.469. The molecule has 128 valence electrons. The van der Waals surface area contributed by atoms with E-state index in [2.05, 4.69) is 28.9 Å². The standard InChI is InChI=1S/C20H18Cl2N2O/c1-23-20(25)14-8-3-6-12-11-5-2-7-13(11)19(24-18(12)14)17-15(21)9-4-10-16(17)22/h2-6,8-11,13,19,24H,7H2,1H3,(H,23,25). The van der Waals surface area contributed by atoms with E-state index in [0.717, 1.165) is 23.2 Å². The Kier molecular flexibility index (Phi) is 4.22. The Morgan fingerprint density at radius 3 is 2.60 bits per heavy atom. The number of carbonyl (C=O) groups excluding carboxylic acids is 1. The second kappa shape index (κ2) is 6.40. The summed E-state index contributed by atoms with van der Waals surface area (Å²) >= 11 is 13.0. The van der Waals surface area contributed by atoms with Gasteiger partial charge in [0.05, 0.1) is 17.3 Å². The van der Waals surface area contributed by atoms with Crippen molar-refractivity contribution in [1.29, 1.82) is 0 Å². The van der Waals surface area contributed by atoms with Gasteiger partial charge in [-0.05, 0) is 36.1 Å². The van der Waals surface area contributed by atoms with Crippen LogP contribution < -0.4 is 10.6 Å². The number of para-hydroxylation sites is 1. The van der Waals surface area contributed by atoms with Gasteiger partial charge in [0, 0.05) is 28.6 Å². The maximum atomic E-state index is 12.3. The summed E-state index contributed by atoms with van der Waals surface area (Å²) in [6, 6.07) is 11.4. The average Bonchev–Trinajstić information content (AvgIpc) is 3.10. The zero-order valence-corrected chi connectivity index (χ0v) is 15.2. The van der Waals surface area contributed by atoms with Gasteiger partial charge in [-0.25, -0.2) is 0 Å². The molecule has 3 atom stereocenters. The minimum Gasteiger partial charge on any atom is -0.377 e. The van der Waals surface area contributed by atoms with Crippen molar-refractivity contribution in [3.8, 4) is 0 Å². The number of carbonyl (C=O) groups is 1. The van der Waals surface area contributed by atoms with Gasteiger partial charge < -0.3 is 10.6 Å². The number of hydrogen-bond donors (Lipinski definition) is 2. The van der Waals surface area contributed by atoms with Crippen molar-refractivity contribution in [2.45, 2.75) is 18.4 Å². The Bertz CT molecular complexity index is 858. The van der Waals surface area contributed by atoms with Gasteiger partial charge in [0.2, 0.25) is 0 Å². The van der Waals surface area contributed by atoms with Crippen molar-refractivity contribution in [3.05, 3.63) is 75.3 Å². The molecular weight excluding hydrogens is 355 g/mol. The normalized spacial score (nSPS) is 23.6. The topological polar surface area (TPSA) is 41.1 Å². The molecular formula is C20H18Cl2N2O. The van der Waals surface area contributed by atoms with Crippen LogP contribution in [0.4, 0.5) is 5.69 Å². The predicted octanol–water partition coefficient (Wildman–Crippen LogP) is 5.18. The summed E-state index contributed by atoms with van der Waals surface area (Å²) in [5.41, 5.74) is 3.57. The van der Waals surface area contributed by atoms with Gasteiger partial charge in [-0.3, -0.25) is 4.79 Å². The molecule has 4 rings (SSSR count). The molecule has 3 unspecified atom stereocenters. The number of amides is 1. The first-order valence-corrected chi connectivity index (χ1v) is 9.09. The van der Waals surface area contributed by atoms with Crippen molar-refractivity contribution in [3.63, 3.8) is 0 Å². The minimum absolute atomic E-state index is 0.0421. The van der Waals surface area contributed by atoms with Crippen molar-refractivity contribution in [2.24, 2.45) is 5.92 Å². The van der Waals surface area contributed by atoms with Crippen molar-refractivity contribution in [2.75, 3.05) is 12.4 Å². The molecule has 0 spiro atoms. The number of halogens is 2. The highest BCUT2D eigenvalue weighted by Gasteiger charge is 2.40. The molecule has 0 fully saturated rings. The van der Waals surface area contributed by atoms with Gasteiger partial charge in [0.1, 0.15) is 0 Å². The van der Waals surface area contributed by atoms with E-state index in [0.29, 0.717) is 21.5 Å². The fraction of sp³-hybridized carbons (Fsp3) is 0.250. The molecule has 1 amide bonds. The summed E-state index contributed by atoms with van der Waals surface area (Å²) in [4.78, 5) is 12.3. The fourth-order valence-electron chi connectivity index (χ4n) is 4.04. The Morgan fingerprint density at radius 1 is 1.16 bits per heavy atom. The molecule has 2 N–H and O–H groups in total. The van der Waals surface area contributed by atoms with Crippen LogP contribution in [0.25, 0.3) is 0 Å². The van der Waals surface area contributed by atoms with Crippen LogP contribution in [0.1, 0.15) is 39.9 Å². The van der Waals surface area contributed by atoms with Crippen LogP contribution >= 0.6 is 23.2 Å². The molecule has 0 saturated heterocycles. The van der Waals surface area contributed by atoms with Crippen LogP contribution in [0, 0.1) is 5.92 Å². The lowest BCUT2D eigenvalue weighted by molar-refractivity contribution is 0.0963. The summed E-state index contributed by atoms with van der Waals surface area (Å²) in [7, 11) is 1.64. The van der Waals surface area contributed by atoms with Crippen molar-refractivity contribution >= 4 is 34.8 Å². The van der Waals surface area contributed by atoms with Gasteiger partial charge in [0.25, 0.3) is 5.91 Å². The number of anilines is 1. The van der Waals surface area contributed by atoms with Gasteiger partial charge in [-0.2, -0.15) is 0 Å². The molecule has 0 radical (unpaired) electrons. The largest absolute Gasteiger partial charge is 0.377 e. The number of benzene rings is 2. The zero-order valence-electron chi connectivity index (χ0n) is 13.7. The Morgan fingerprint density at radius 2 is 1.88 bits per heavy atom. The quantitative estimate of drug-likeness (QED) is 0.713. The number of fused-ring (bicyclic) bond motifs is 3. The van der Waals surface area contributed by atoms with Crippen LogP contribution in [0.15, 0.2) is 48.6 Å². The molecule has 0 saturated carbocycles. The second-order valence-electron chi connectivity index (χ2n) is 6.46. The van der Waals surface area contributed by atoms with Gasteiger partial charge in [-0.15, -0.1) is 0 Å². The van der Waals surface area contributed by atoms with Crippen molar-refractivity contribution < 1.29 is 4.79 Å². The molecule has 3 nitrogen and oxygen atoms in total. The van der Waals surface area contributed by atoms with Crippen LogP contribution in [-0.2, 0) is 0 Å². The lowest BCUT2D eigenvalue weighted by Crippen LogP contribution is -2.31. The lowest BCUT2D eigenvalue weighted by Gasteiger charge is -2.39. The Hall–Kier alpha value is -1.97. The molecule has 25 heavy (non-hydrogen) atoms. The lowest BCUT2D eigenvalue weighted by atomic mass is 9.76. The Balaban J connectivity index is 1.88. The van der Waals surface area contributed by atoms with E-state index in [1.165, 1.54) is 0 Å². The zero-order chi connectivity index (χ0) is 17.6. The highest BCUT2D eigenvalue weighted by molar-refractivity contribution is 6.36. The van der Waals surface area contributed by atoms with Crippen LogP contribution in [0.2, 0.25) is 10.0 Å². The maximum Gasteiger partial charge on any atom is 0.253 e. The molecule has 2 aromatic rings. The van der Waals surface area contributed by atoms with E-state index in [-0.39, 0.29) is 17.9 Å². The van der Waals surface area contributed by atoms with E-state index in [4.69, 9.17) is 23.2 Å². The van der Waals surface area contributed by atoms with Gasteiger partial charge in [-0.1, -0.05) is 53.6 Å². The van der Waals surface area contributed by atoms with Crippen LogP contribution in [0.3, 0.4) is 0 Å². The number of nitrogens with one attached hydrogen (secondary N) is 2. The smallest absolute Gasteiger partial charge is 0.253 e. The third kappa shape index (κ3) is 2.62. The molecule has 0 bridgehead atoms. The average molecular weight is 373 g/mol. The molecule has 0 aromatic heterocycles. The summed E-state index contributed by atoms with van der Waals surface area (Å²) in [6.07, 6.45) is 5.39. The highest BCUT2D eigenvalue weighted by atomic mass is 35.5. The number of allylic oxidation sites excluding steroid dienone is 2. The molecule has 2 aliphatic rings. The van der Waals surface area contributed by atoms with E-state index >= 15 is 0 Å². The van der Waals surface area contributed by atoms with Crippen LogP contribution in [-0.4, -0.2) is 13.0 Å². The van der Waals surface area contributed by atoms with E-state index in [1.54, 1.807) is 7.05 Å². The van der Waals surface area contributed by atoms with Crippen LogP contribution in [0.5, 0.6) is 0 Å². The number of rotatable bonds is 2. The Labute approximate surface area is 157 Å². The first-order chi connectivity index (χ1) is 12.1. The molecule has 1 heterocycles. The van der Waals surface area contributed by atoms with E-state index in [1.807, 2.05) is 30.3 Å². The van der Waals surface area contributed by atoms with E-state index < -0.39 is 0 Å². The monoisotopic (exact) mass is 372 g/mol. The van der Waals surface area contributed by atoms with Crippen molar-refractivity contribution in [1.82, 2.24) is 5.32 Å². The summed E-state index contributed by atoms with van der Waals surface area (Å²) in [6.45, 7) is 0. The number of hydrogen-bond acceptors (Lipinski definition) is 2. The maximum absolute atomic E-state index is 12.3. The van der Waals surface area contributed by atoms with Gasteiger partial charge in [0.15, 0.2) is 0 Å². The first kappa shape index (κ1) is 16.5. The predicted molar refractivity (Wildman–Crippen MR) is 103 cm³/mol.